The molecule has 32 heavy (non-hydrogen) atoms. The van der Waals surface area contributed by atoms with E-state index in [2.05, 4.69) is 31.0 Å². The molecule has 2 heterocycles. The Labute approximate surface area is 195 Å². The Hall–Kier alpha value is -2.28. The fourth-order valence-electron chi connectivity index (χ4n) is 3.34. The van der Waals surface area contributed by atoms with Crippen molar-refractivity contribution >= 4 is 65.7 Å². The Bertz CT molecular complexity index is 1390. The first-order chi connectivity index (χ1) is 15.1. The second-order valence-electron chi connectivity index (χ2n) is 7.24. The average molecular weight is 549 g/mol. The normalized spacial score (nSPS) is 17.1. The molecular formula is C19H17BrClF2N5O3S. The van der Waals surface area contributed by atoms with Gasteiger partial charge >= 0.3 is 10.2 Å². The maximum Gasteiger partial charge on any atom is 0.301 e. The molecule has 1 atom stereocenters. The van der Waals surface area contributed by atoms with E-state index in [1.807, 2.05) is 0 Å². The summed E-state index contributed by atoms with van der Waals surface area (Å²) in [6, 6.07) is 5.39. The molecule has 3 aromatic rings. The van der Waals surface area contributed by atoms with Gasteiger partial charge in [0.25, 0.3) is 5.56 Å². The lowest BCUT2D eigenvalue weighted by molar-refractivity contribution is 0.343. The maximum absolute atomic E-state index is 14.6. The monoisotopic (exact) mass is 547 g/mol. The van der Waals surface area contributed by atoms with Crippen LogP contribution in [0.1, 0.15) is 6.42 Å². The SMILES string of the molecule is Cn1cnc2ccc(Nc3c(F)ccc(NS(=O)(=O)N4CC[C@@H](F)C4)c3Cl)c(Br)c2c1=O. The Morgan fingerprint density at radius 2 is 1.97 bits per heavy atom. The number of hydrogen-bond donors (Lipinski definition) is 2. The van der Waals surface area contributed by atoms with Crippen LogP contribution in [0.2, 0.25) is 5.02 Å². The lowest BCUT2D eigenvalue weighted by Crippen LogP contribution is -2.34. The molecule has 1 saturated heterocycles. The predicted octanol–water partition coefficient (Wildman–Crippen LogP) is 3.93. The fourth-order valence-corrected chi connectivity index (χ4v) is 5.53. The number of halogens is 4. The molecule has 1 aliphatic heterocycles. The molecule has 1 fully saturated rings. The molecule has 1 aromatic heterocycles. The number of anilines is 3. The summed E-state index contributed by atoms with van der Waals surface area (Å²) in [5.74, 6) is -0.742. The third-order valence-corrected chi connectivity index (χ3v) is 7.75. The highest BCUT2D eigenvalue weighted by atomic mass is 79.9. The van der Waals surface area contributed by atoms with E-state index in [4.69, 9.17) is 11.6 Å². The van der Waals surface area contributed by atoms with Crippen LogP contribution in [0, 0.1) is 5.82 Å². The first-order valence-electron chi connectivity index (χ1n) is 9.39. The number of fused-ring (bicyclic) bond motifs is 1. The second-order valence-corrected chi connectivity index (χ2v) is 10.1. The predicted molar refractivity (Wildman–Crippen MR) is 123 cm³/mol. The van der Waals surface area contributed by atoms with Crippen molar-refractivity contribution in [3.63, 3.8) is 0 Å². The fraction of sp³-hybridized carbons (Fsp3) is 0.263. The molecule has 8 nitrogen and oxygen atoms in total. The number of nitrogens with zero attached hydrogens (tertiary/aromatic N) is 3. The summed E-state index contributed by atoms with van der Waals surface area (Å²) in [4.78, 5) is 16.7. The summed E-state index contributed by atoms with van der Waals surface area (Å²) in [6.07, 6.45) is 0.261. The van der Waals surface area contributed by atoms with Crippen molar-refractivity contribution in [1.29, 1.82) is 0 Å². The summed E-state index contributed by atoms with van der Waals surface area (Å²) in [5, 5.41) is 2.87. The average Bonchev–Trinajstić information content (AvgIpc) is 3.19. The van der Waals surface area contributed by atoms with E-state index in [0.29, 0.717) is 15.7 Å². The zero-order valence-corrected chi connectivity index (χ0v) is 19.7. The van der Waals surface area contributed by atoms with Gasteiger partial charge in [0.15, 0.2) is 0 Å². The molecule has 13 heteroatoms. The van der Waals surface area contributed by atoms with Crippen molar-refractivity contribution < 1.29 is 17.2 Å². The highest BCUT2D eigenvalue weighted by Gasteiger charge is 2.32. The minimum absolute atomic E-state index is 0.0352. The van der Waals surface area contributed by atoms with Gasteiger partial charge < -0.3 is 9.88 Å². The molecule has 0 aliphatic carbocycles. The molecule has 170 valence electrons. The van der Waals surface area contributed by atoms with Crippen LogP contribution in [0.3, 0.4) is 0 Å². The van der Waals surface area contributed by atoms with Crippen molar-refractivity contribution in [3.8, 4) is 0 Å². The van der Waals surface area contributed by atoms with Crippen LogP contribution < -0.4 is 15.6 Å². The number of nitrogens with one attached hydrogen (secondary N) is 2. The topological polar surface area (TPSA) is 96.3 Å². The van der Waals surface area contributed by atoms with Crippen LogP contribution in [0.25, 0.3) is 10.9 Å². The van der Waals surface area contributed by atoms with Gasteiger partial charge in [0.05, 0.1) is 43.8 Å². The summed E-state index contributed by atoms with van der Waals surface area (Å²) in [6.45, 7) is -0.222. The number of benzene rings is 2. The number of aryl methyl sites for hydroxylation is 1. The van der Waals surface area contributed by atoms with E-state index in [-0.39, 0.29) is 46.9 Å². The van der Waals surface area contributed by atoms with Crippen molar-refractivity contribution in [2.24, 2.45) is 7.05 Å². The van der Waals surface area contributed by atoms with Gasteiger partial charge in [-0.05, 0) is 46.6 Å². The number of alkyl halides is 1. The van der Waals surface area contributed by atoms with Crippen LogP contribution in [-0.4, -0.2) is 41.5 Å². The zero-order chi connectivity index (χ0) is 23.2. The molecule has 2 N–H and O–H groups in total. The minimum Gasteiger partial charge on any atom is -0.351 e. The van der Waals surface area contributed by atoms with Gasteiger partial charge in [0, 0.05) is 20.1 Å². The molecule has 0 radical (unpaired) electrons. The molecule has 2 aromatic carbocycles. The Morgan fingerprint density at radius 1 is 1.25 bits per heavy atom. The zero-order valence-electron chi connectivity index (χ0n) is 16.6. The van der Waals surface area contributed by atoms with Gasteiger partial charge in [-0.25, -0.2) is 13.8 Å². The van der Waals surface area contributed by atoms with Crippen molar-refractivity contribution in [2.75, 3.05) is 23.1 Å². The van der Waals surface area contributed by atoms with E-state index >= 15 is 0 Å². The van der Waals surface area contributed by atoms with Gasteiger partial charge in [-0.2, -0.15) is 12.7 Å². The third-order valence-electron chi connectivity index (χ3n) is 5.05. The molecular weight excluding hydrogens is 532 g/mol. The largest absolute Gasteiger partial charge is 0.351 e. The first-order valence-corrected chi connectivity index (χ1v) is 12.0. The second kappa shape index (κ2) is 8.58. The van der Waals surface area contributed by atoms with Crippen molar-refractivity contribution in [1.82, 2.24) is 13.9 Å². The van der Waals surface area contributed by atoms with Gasteiger partial charge in [0.1, 0.15) is 12.0 Å². The van der Waals surface area contributed by atoms with Crippen LogP contribution in [-0.2, 0) is 17.3 Å². The lowest BCUT2D eigenvalue weighted by atomic mass is 10.2. The number of aromatic nitrogens is 2. The van der Waals surface area contributed by atoms with Gasteiger partial charge in [-0.3, -0.25) is 9.52 Å². The molecule has 0 spiro atoms. The number of hydrogen-bond acceptors (Lipinski definition) is 5. The highest BCUT2D eigenvalue weighted by Crippen LogP contribution is 2.38. The van der Waals surface area contributed by atoms with Gasteiger partial charge in [-0.1, -0.05) is 11.6 Å². The maximum atomic E-state index is 14.6. The van der Waals surface area contributed by atoms with Gasteiger partial charge in [-0.15, -0.1) is 0 Å². The smallest absolute Gasteiger partial charge is 0.301 e. The molecule has 4 rings (SSSR count). The molecule has 0 bridgehead atoms. The van der Waals surface area contributed by atoms with Crippen LogP contribution in [0.15, 0.2) is 39.9 Å². The van der Waals surface area contributed by atoms with E-state index in [0.717, 1.165) is 10.4 Å². The van der Waals surface area contributed by atoms with E-state index in [9.17, 15) is 22.0 Å². The lowest BCUT2D eigenvalue weighted by Gasteiger charge is -2.19. The van der Waals surface area contributed by atoms with E-state index in [1.165, 1.54) is 17.0 Å². The Kier molecular flexibility index (Phi) is 6.14. The standard InChI is InChI=1S/C19H17BrClF2N5O3S/c1-27-9-24-12-4-5-13(16(20)15(12)19(27)29)25-18-11(23)2-3-14(17(18)21)26-32(30,31)28-7-6-10(22)8-28/h2-5,9-10,25-26H,6-8H2,1H3/t10-/m1/s1. The molecule has 0 unspecified atom stereocenters. The summed E-state index contributed by atoms with van der Waals surface area (Å²) >= 11 is 9.67. The summed E-state index contributed by atoms with van der Waals surface area (Å²) in [5.41, 5.74) is 0.179. The van der Waals surface area contributed by atoms with Crippen LogP contribution >= 0.6 is 27.5 Å². The van der Waals surface area contributed by atoms with Crippen molar-refractivity contribution in [2.45, 2.75) is 12.6 Å². The van der Waals surface area contributed by atoms with Crippen LogP contribution in [0.4, 0.5) is 25.8 Å². The van der Waals surface area contributed by atoms with E-state index in [1.54, 1.807) is 19.2 Å². The van der Waals surface area contributed by atoms with Crippen molar-refractivity contribution in [3.05, 3.63) is 56.3 Å². The number of rotatable bonds is 5. The Morgan fingerprint density at radius 3 is 2.66 bits per heavy atom. The highest BCUT2D eigenvalue weighted by molar-refractivity contribution is 9.10. The summed E-state index contributed by atoms with van der Waals surface area (Å²) in [7, 11) is -2.52. The first kappa shape index (κ1) is 22.9. The molecule has 0 saturated carbocycles. The quantitative estimate of drug-likeness (QED) is 0.504. The van der Waals surface area contributed by atoms with Crippen LogP contribution in [0.5, 0.6) is 0 Å². The van der Waals surface area contributed by atoms with E-state index < -0.39 is 22.2 Å². The minimum atomic E-state index is -4.07. The third kappa shape index (κ3) is 4.19. The summed E-state index contributed by atoms with van der Waals surface area (Å²) < 4.78 is 58.0. The Balaban J connectivity index is 1.70. The molecule has 0 amide bonds. The molecule has 1 aliphatic rings. The van der Waals surface area contributed by atoms with Gasteiger partial charge in [0.2, 0.25) is 0 Å².